The number of likely N-dealkylation sites (tertiary alicyclic amines) is 1. The number of amides is 1. The molecule has 1 aliphatic heterocycles. The van der Waals surface area contributed by atoms with E-state index in [1.807, 2.05) is 49.1 Å². The van der Waals surface area contributed by atoms with Gasteiger partial charge in [-0.1, -0.05) is 18.2 Å². The van der Waals surface area contributed by atoms with Crippen molar-refractivity contribution in [1.82, 2.24) is 19.7 Å². The third-order valence-electron chi connectivity index (χ3n) is 5.82. The van der Waals surface area contributed by atoms with Crippen molar-refractivity contribution < 1.29 is 4.79 Å². The van der Waals surface area contributed by atoms with Crippen LogP contribution in [0.1, 0.15) is 47.8 Å². The first-order chi connectivity index (χ1) is 13.1. The lowest BCUT2D eigenvalue weighted by Gasteiger charge is -2.25. The molecule has 27 heavy (non-hydrogen) atoms. The second kappa shape index (κ2) is 7.14. The van der Waals surface area contributed by atoms with E-state index in [-0.39, 0.29) is 11.9 Å². The van der Waals surface area contributed by atoms with Gasteiger partial charge in [-0.2, -0.15) is 5.10 Å². The van der Waals surface area contributed by atoms with Gasteiger partial charge in [-0.25, -0.2) is 0 Å². The molecule has 3 heterocycles. The summed E-state index contributed by atoms with van der Waals surface area (Å²) < 4.78 is 1.93. The van der Waals surface area contributed by atoms with Crippen molar-refractivity contribution in [3.05, 3.63) is 59.0 Å². The van der Waals surface area contributed by atoms with Crippen molar-refractivity contribution >= 4 is 16.8 Å². The number of para-hydroxylation sites is 1. The number of benzene rings is 1. The lowest BCUT2D eigenvalue weighted by atomic mass is 10.0. The Hall–Kier alpha value is -2.69. The van der Waals surface area contributed by atoms with Gasteiger partial charge in [0, 0.05) is 42.9 Å². The molecule has 4 rings (SSSR count). The maximum Gasteiger partial charge on any atom is 0.223 e. The van der Waals surface area contributed by atoms with Crippen molar-refractivity contribution in [2.75, 3.05) is 6.54 Å². The molecular formula is C22H26N4O. The number of aryl methyl sites for hydroxylation is 3. The van der Waals surface area contributed by atoms with E-state index in [0.29, 0.717) is 6.42 Å². The van der Waals surface area contributed by atoms with Crippen LogP contribution in [0.2, 0.25) is 0 Å². The Kier molecular flexibility index (Phi) is 4.68. The predicted octanol–water partition coefficient (Wildman–Crippen LogP) is 3.88. The van der Waals surface area contributed by atoms with Gasteiger partial charge in [0.05, 0.1) is 17.3 Å². The van der Waals surface area contributed by atoms with Crippen LogP contribution in [0.5, 0.6) is 0 Å². The van der Waals surface area contributed by atoms with Crippen LogP contribution in [0, 0.1) is 13.8 Å². The van der Waals surface area contributed by atoms with Crippen LogP contribution < -0.4 is 0 Å². The van der Waals surface area contributed by atoms with Gasteiger partial charge in [0.1, 0.15) is 0 Å². The van der Waals surface area contributed by atoms with Crippen LogP contribution in [0.3, 0.4) is 0 Å². The molecule has 1 aromatic carbocycles. The monoisotopic (exact) mass is 362 g/mol. The molecule has 1 atom stereocenters. The molecule has 0 aliphatic carbocycles. The zero-order valence-electron chi connectivity index (χ0n) is 16.3. The summed E-state index contributed by atoms with van der Waals surface area (Å²) in [5.41, 5.74) is 5.62. The van der Waals surface area contributed by atoms with Gasteiger partial charge in [0.25, 0.3) is 0 Å². The predicted molar refractivity (Wildman–Crippen MR) is 106 cm³/mol. The Balaban J connectivity index is 1.52. The number of rotatable bonds is 4. The van der Waals surface area contributed by atoms with Gasteiger partial charge in [0.2, 0.25) is 5.91 Å². The van der Waals surface area contributed by atoms with Crippen molar-refractivity contribution in [1.29, 1.82) is 0 Å². The number of nitrogens with zero attached hydrogens (tertiary/aromatic N) is 4. The van der Waals surface area contributed by atoms with Crippen molar-refractivity contribution in [2.45, 2.75) is 45.6 Å². The summed E-state index contributed by atoms with van der Waals surface area (Å²) in [7, 11) is 1.97. The summed E-state index contributed by atoms with van der Waals surface area (Å²) in [6.45, 7) is 4.99. The van der Waals surface area contributed by atoms with E-state index in [1.54, 1.807) is 0 Å². The zero-order chi connectivity index (χ0) is 19.0. The molecule has 3 aromatic rings. The van der Waals surface area contributed by atoms with Gasteiger partial charge < -0.3 is 4.90 Å². The van der Waals surface area contributed by atoms with Crippen molar-refractivity contribution in [2.24, 2.45) is 7.05 Å². The Morgan fingerprint density at radius 3 is 2.81 bits per heavy atom. The molecule has 0 radical (unpaired) electrons. The topological polar surface area (TPSA) is 51.0 Å². The first kappa shape index (κ1) is 17.7. The molecule has 1 aliphatic rings. The molecule has 0 saturated carbocycles. The highest BCUT2D eigenvalue weighted by molar-refractivity contribution is 5.83. The summed E-state index contributed by atoms with van der Waals surface area (Å²) in [6.07, 6.45) is 5.20. The van der Waals surface area contributed by atoms with E-state index in [4.69, 9.17) is 0 Å². The average Bonchev–Trinajstić information content (AvgIpc) is 3.24. The third-order valence-corrected chi connectivity index (χ3v) is 5.82. The molecule has 5 nitrogen and oxygen atoms in total. The van der Waals surface area contributed by atoms with Crippen LogP contribution in [0.25, 0.3) is 10.9 Å². The minimum atomic E-state index is 0.167. The molecule has 0 bridgehead atoms. The summed E-state index contributed by atoms with van der Waals surface area (Å²) in [5.74, 6) is 0.237. The fourth-order valence-corrected chi connectivity index (χ4v) is 4.40. The van der Waals surface area contributed by atoms with Crippen LogP contribution in [0.4, 0.5) is 0 Å². The van der Waals surface area contributed by atoms with Crippen LogP contribution in [0.15, 0.2) is 36.5 Å². The van der Waals surface area contributed by atoms with Crippen molar-refractivity contribution in [3.8, 4) is 0 Å². The summed E-state index contributed by atoms with van der Waals surface area (Å²) in [5, 5.41) is 5.69. The highest BCUT2D eigenvalue weighted by atomic mass is 16.2. The highest BCUT2D eigenvalue weighted by Crippen LogP contribution is 2.36. The quantitative estimate of drug-likeness (QED) is 0.708. The smallest absolute Gasteiger partial charge is 0.223 e. The molecular weight excluding hydrogens is 336 g/mol. The minimum absolute atomic E-state index is 0.167. The molecule has 1 unspecified atom stereocenters. The fourth-order valence-electron chi connectivity index (χ4n) is 4.40. The van der Waals surface area contributed by atoms with E-state index in [1.165, 1.54) is 11.1 Å². The van der Waals surface area contributed by atoms with Gasteiger partial charge in [-0.05, 0) is 50.8 Å². The average molecular weight is 362 g/mol. The summed E-state index contributed by atoms with van der Waals surface area (Å²) in [4.78, 5) is 19.5. The Morgan fingerprint density at radius 2 is 2.04 bits per heavy atom. The number of pyridine rings is 1. The molecule has 1 saturated heterocycles. The Labute approximate surface area is 160 Å². The second-order valence-electron chi connectivity index (χ2n) is 7.44. The van der Waals surface area contributed by atoms with E-state index < -0.39 is 0 Å². The number of aromatic nitrogens is 3. The third kappa shape index (κ3) is 3.22. The molecule has 2 aromatic heterocycles. The molecule has 0 N–H and O–H groups in total. The first-order valence-electron chi connectivity index (χ1n) is 9.68. The minimum Gasteiger partial charge on any atom is -0.336 e. The van der Waals surface area contributed by atoms with Gasteiger partial charge >= 0.3 is 0 Å². The number of carbonyl (C=O) groups excluding carboxylic acids is 1. The Bertz CT molecular complexity index is 986. The van der Waals surface area contributed by atoms with Gasteiger partial charge in [0.15, 0.2) is 0 Å². The molecule has 0 spiro atoms. The molecule has 140 valence electrons. The SMILES string of the molecule is Cc1nn(C)c(C)c1C1CCCN1C(=O)CCc1ccnc2ccccc12. The normalized spacial score (nSPS) is 17.0. The van der Waals surface area contributed by atoms with Crippen LogP contribution >= 0.6 is 0 Å². The van der Waals surface area contributed by atoms with E-state index in [9.17, 15) is 4.79 Å². The van der Waals surface area contributed by atoms with E-state index in [2.05, 4.69) is 28.0 Å². The van der Waals surface area contributed by atoms with Gasteiger partial charge in [-0.15, -0.1) is 0 Å². The maximum absolute atomic E-state index is 13.1. The lowest BCUT2D eigenvalue weighted by Crippen LogP contribution is -2.31. The molecule has 1 amide bonds. The maximum atomic E-state index is 13.1. The lowest BCUT2D eigenvalue weighted by molar-refractivity contribution is -0.132. The van der Waals surface area contributed by atoms with Gasteiger partial charge in [-0.3, -0.25) is 14.5 Å². The number of fused-ring (bicyclic) bond motifs is 1. The number of hydrogen-bond acceptors (Lipinski definition) is 3. The molecule has 5 heteroatoms. The first-order valence-corrected chi connectivity index (χ1v) is 9.68. The van der Waals surface area contributed by atoms with Crippen LogP contribution in [-0.2, 0) is 18.3 Å². The number of hydrogen-bond donors (Lipinski definition) is 0. The molecule has 1 fully saturated rings. The summed E-state index contributed by atoms with van der Waals surface area (Å²) >= 11 is 0. The Morgan fingerprint density at radius 1 is 1.22 bits per heavy atom. The summed E-state index contributed by atoms with van der Waals surface area (Å²) in [6, 6.07) is 10.3. The standard InChI is InChI=1S/C22H26N4O/c1-15-22(16(2)25(3)24-15)20-9-6-14-26(20)21(27)11-10-17-12-13-23-19-8-5-4-7-18(17)19/h4-5,7-8,12-13,20H,6,9-11,14H2,1-3H3. The zero-order valence-corrected chi connectivity index (χ0v) is 16.3. The number of carbonyl (C=O) groups is 1. The second-order valence-corrected chi connectivity index (χ2v) is 7.44. The largest absolute Gasteiger partial charge is 0.336 e. The van der Waals surface area contributed by atoms with E-state index in [0.717, 1.165) is 48.1 Å². The van der Waals surface area contributed by atoms with Crippen molar-refractivity contribution in [3.63, 3.8) is 0 Å². The highest BCUT2D eigenvalue weighted by Gasteiger charge is 2.33. The van der Waals surface area contributed by atoms with Crippen LogP contribution in [-0.4, -0.2) is 32.1 Å². The fraction of sp³-hybridized carbons (Fsp3) is 0.409. The van der Waals surface area contributed by atoms with E-state index >= 15 is 0 Å².